The van der Waals surface area contributed by atoms with Crippen LogP contribution in [0.4, 0.5) is 13.9 Å². The average molecular weight is 329 g/mol. The van der Waals surface area contributed by atoms with E-state index in [1.165, 1.54) is 6.20 Å². The van der Waals surface area contributed by atoms with Gasteiger partial charge in [-0.1, -0.05) is 11.8 Å². The van der Waals surface area contributed by atoms with Crippen molar-refractivity contribution in [3.05, 3.63) is 40.9 Å². The van der Waals surface area contributed by atoms with Crippen LogP contribution in [0.2, 0.25) is 0 Å². The Balaban J connectivity index is 2.56. The van der Waals surface area contributed by atoms with E-state index in [1.807, 2.05) is 0 Å². The largest absolute Gasteiger partial charge is 0.320 e. The van der Waals surface area contributed by atoms with Crippen LogP contribution < -0.4 is 10.5 Å². The molecule has 0 fully saturated rings. The molecular formula is C12H9F2N3O2S2. The second-order valence-electron chi connectivity index (χ2n) is 3.71. The van der Waals surface area contributed by atoms with E-state index in [-0.39, 0.29) is 17.2 Å². The van der Waals surface area contributed by atoms with Crippen molar-refractivity contribution in [3.8, 4) is 11.8 Å². The van der Waals surface area contributed by atoms with Crippen molar-refractivity contribution >= 4 is 26.5 Å². The number of halogens is 2. The minimum absolute atomic E-state index is 0.0662. The molecule has 0 saturated heterocycles. The van der Waals surface area contributed by atoms with E-state index in [0.29, 0.717) is 6.07 Å². The van der Waals surface area contributed by atoms with E-state index in [9.17, 15) is 17.2 Å². The number of aromatic nitrogens is 1. The van der Waals surface area contributed by atoms with Crippen molar-refractivity contribution in [2.24, 2.45) is 5.73 Å². The zero-order chi connectivity index (χ0) is 15.5. The molecule has 0 radical (unpaired) electrons. The van der Waals surface area contributed by atoms with Gasteiger partial charge in [0.15, 0.2) is 5.13 Å². The minimum atomic E-state index is -4.28. The third kappa shape index (κ3) is 3.55. The summed E-state index contributed by atoms with van der Waals surface area (Å²) in [6.07, 6.45) is 1.39. The Labute approximate surface area is 123 Å². The number of thiazole rings is 1. The van der Waals surface area contributed by atoms with Gasteiger partial charge in [-0.3, -0.25) is 4.72 Å². The second kappa shape index (κ2) is 6.17. The van der Waals surface area contributed by atoms with Crippen molar-refractivity contribution in [2.75, 3.05) is 11.3 Å². The molecule has 1 heterocycles. The number of nitrogens with two attached hydrogens (primary N) is 1. The monoisotopic (exact) mass is 329 g/mol. The van der Waals surface area contributed by atoms with Crippen LogP contribution in [0.3, 0.4) is 0 Å². The molecule has 1 aromatic heterocycles. The van der Waals surface area contributed by atoms with Crippen molar-refractivity contribution in [1.29, 1.82) is 0 Å². The molecule has 0 spiro atoms. The highest BCUT2D eigenvalue weighted by molar-refractivity contribution is 7.93. The fourth-order valence-corrected chi connectivity index (χ4v) is 3.51. The summed E-state index contributed by atoms with van der Waals surface area (Å²) in [5.74, 6) is 2.55. The number of nitrogens with one attached hydrogen (secondary N) is 1. The topological polar surface area (TPSA) is 85.1 Å². The van der Waals surface area contributed by atoms with E-state index in [2.05, 4.69) is 21.5 Å². The lowest BCUT2D eigenvalue weighted by Crippen LogP contribution is -2.16. The molecule has 0 atom stereocenters. The van der Waals surface area contributed by atoms with Gasteiger partial charge >= 0.3 is 0 Å². The van der Waals surface area contributed by atoms with Gasteiger partial charge in [0.25, 0.3) is 10.0 Å². The van der Waals surface area contributed by atoms with Crippen LogP contribution in [0, 0.1) is 23.5 Å². The molecule has 1 aromatic carbocycles. The lowest BCUT2D eigenvalue weighted by Gasteiger charge is -2.09. The normalized spacial score (nSPS) is 10.8. The van der Waals surface area contributed by atoms with Gasteiger partial charge in [0, 0.05) is 17.6 Å². The van der Waals surface area contributed by atoms with Gasteiger partial charge in [0.05, 0.1) is 12.1 Å². The molecule has 2 rings (SSSR count). The number of hydrogen-bond donors (Lipinski definition) is 2. The minimum Gasteiger partial charge on any atom is -0.320 e. The maximum atomic E-state index is 13.9. The fraction of sp³-hybridized carbons (Fsp3) is 0.0833. The highest BCUT2D eigenvalue weighted by Gasteiger charge is 2.25. The first-order valence-corrected chi connectivity index (χ1v) is 7.90. The number of sulfonamides is 1. The zero-order valence-electron chi connectivity index (χ0n) is 10.4. The summed E-state index contributed by atoms with van der Waals surface area (Å²) in [5.41, 5.74) is 4.88. The number of hydrogen-bond acceptors (Lipinski definition) is 5. The van der Waals surface area contributed by atoms with Gasteiger partial charge in [0.1, 0.15) is 16.5 Å². The Kier molecular flexibility index (Phi) is 4.52. The Morgan fingerprint density at radius 2 is 2.14 bits per heavy atom. The van der Waals surface area contributed by atoms with Gasteiger partial charge in [-0.25, -0.2) is 22.2 Å². The van der Waals surface area contributed by atoms with E-state index in [1.54, 1.807) is 5.38 Å². The quantitative estimate of drug-likeness (QED) is 0.837. The average Bonchev–Trinajstić information content (AvgIpc) is 2.86. The van der Waals surface area contributed by atoms with Gasteiger partial charge in [-0.15, -0.1) is 11.3 Å². The molecule has 9 heteroatoms. The lowest BCUT2D eigenvalue weighted by atomic mass is 10.2. The third-order valence-electron chi connectivity index (χ3n) is 2.26. The van der Waals surface area contributed by atoms with Crippen LogP contribution in [0.25, 0.3) is 0 Å². The predicted octanol–water partition coefficient (Wildman–Crippen LogP) is 1.53. The Bertz CT molecular complexity index is 809. The molecule has 21 heavy (non-hydrogen) atoms. The van der Waals surface area contributed by atoms with Gasteiger partial charge < -0.3 is 5.73 Å². The van der Waals surface area contributed by atoms with Crippen LogP contribution >= 0.6 is 11.3 Å². The maximum Gasteiger partial charge on any atom is 0.267 e. The molecule has 0 saturated carbocycles. The molecular weight excluding hydrogens is 320 g/mol. The van der Waals surface area contributed by atoms with Crippen molar-refractivity contribution in [1.82, 2.24) is 4.98 Å². The fourth-order valence-electron chi connectivity index (χ4n) is 1.51. The van der Waals surface area contributed by atoms with Crippen molar-refractivity contribution in [3.63, 3.8) is 0 Å². The van der Waals surface area contributed by atoms with Crippen LogP contribution in [-0.4, -0.2) is 19.9 Å². The molecule has 5 nitrogen and oxygen atoms in total. The standard InChI is InChI=1S/C12H9F2N3O2S2/c13-9-6-8(2-1-3-15)11(10(14)7-9)21(18,19)17-12-16-4-5-20-12/h4-7H,3,15H2,(H,16,17). The number of anilines is 1. The molecule has 2 aromatic rings. The van der Waals surface area contributed by atoms with Gasteiger partial charge in [-0.05, 0) is 6.07 Å². The van der Waals surface area contributed by atoms with Crippen molar-refractivity contribution in [2.45, 2.75) is 4.90 Å². The van der Waals surface area contributed by atoms with Crippen molar-refractivity contribution < 1.29 is 17.2 Å². The first-order chi connectivity index (χ1) is 9.94. The number of rotatable bonds is 3. The number of benzene rings is 1. The van der Waals surface area contributed by atoms with E-state index in [0.717, 1.165) is 17.4 Å². The van der Waals surface area contributed by atoms with E-state index < -0.39 is 26.6 Å². The maximum absolute atomic E-state index is 13.9. The molecule has 0 aliphatic carbocycles. The molecule has 0 amide bonds. The summed E-state index contributed by atoms with van der Waals surface area (Å²) >= 11 is 1.02. The summed E-state index contributed by atoms with van der Waals surface area (Å²) in [7, 11) is -4.28. The van der Waals surface area contributed by atoms with E-state index >= 15 is 0 Å². The molecule has 0 unspecified atom stereocenters. The molecule has 3 N–H and O–H groups in total. The van der Waals surface area contributed by atoms with E-state index in [4.69, 9.17) is 5.73 Å². The smallest absolute Gasteiger partial charge is 0.267 e. The molecule has 0 aliphatic rings. The summed E-state index contributed by atoms with van der Waals surface area (Å²) in [4.78, 5) is 3.01. The Morgan fingerprint density at radius 1 is 1.38 bits per heavy atom. The Morgan fingerprint density at radius 3 is 2.76 bits per heavy atom. The SMILES string of the molecule is NCC#Cc1cc(F)cc(F)c1S(=O)(=O)Nc1nccs1. The molecule has 110 valence electrons. The van der Waals surface area contributed by atoms with Crippen LogP contribution in [0.5, 0.6) is 0 Å². The third-order valence-corrected chi connectivity index (χ3v) is 4.49. The van der Waals surface area contributed by atoms with Crippen LogP contribution in [0.15, 0.2) is 28.6 Å². The summed E-state index contributed by atoms with van der Waals surface area (Å²) in [6, 6.07) is 1.31. The summed E-state index contributed by atoms with van der Waals surface area (Å²) in [6.45, 7) is -0.0719. The van der Waals surface area contributed by atoms with Crippen LogP contribution in [-0.2, 0) is 10.0 Å². The first-order valence-electron chi connectivity index (χ1n) is 5.54. The first kappa shape index (κ1) is 15.4. The zero-order valence-corrected chi connectivity index (χ0v) is 12.1. The Hall–Kier alpha value is -2.02. The second-order valence-corrected chi connectivity index (χ2v) is 6.23. The lowest BCUT2D eigenvalue weighted by molar-refractivity contribution is 0.550. The van der Waals surface area contributed by atoms with Crippen LogP contribution in [0.1, 0.15) is 5.56 Å². The van der Waals surface area contributed by atoms with Gasteiger partial charge in [0.2, 0.25) is 0 Å². The predicted molar refractivity (Wildman–Crippen MR) is 75.2 cm³/mol. The highest BCUT2D eigenvalue weighted by atomic mass is 32.2. The molecule has 0 aliphatic heterocycles. The van der Waals surface area contributed by atoms with Gasteiger partial charge in [-0.2, -0.15) is 0 Å². The molecule has 0 bridgehead atoms. The summed E-state index contributed by atoms with van der Waals surface area (Å²) in [5, 5.41) is 1.62. The number of nitrogens with zero attached hydrogens (tertiary/aromatic N) is 1. The summed E-state index contributed by atoms with van der Waals surface area (Å²) < 4.78 is 53.7. The highest BCUT2D eigenvalue weighted by Crippen LogP contribution is 2.24.